The molecule has 0 atom stereocenters. The van der Waals surface area contributed by atoms with Crippen LogP contribution >= 0.6 is 0 Å². The van der Waals surface area contributed by atoms with Crippen molar-refractivity contribution in [3.05, 3.63) is 29.8 Å². The van der Waals surface area contributed by atoms with Crippen molar-refractivity contribution in [2.24, 2.45) is 5.73 Å². The van der Waals surface area contributed by atoms with Crippen LogP contribution in [0.5, 0.6) is 0 Å². The number of halogens is 2. The first-order chi connectivity index (χ1) is 10.1. The predicted molar refractivity (Wildman–Crippen MR) is 75.1 cm³/mol. The Labute approximate surface area is 121 Å². The van der Waals surface area contributed by atoms with Gasteiger partial charge < -0.3 is 0 Å². The number of rotatable bonds is 1. The first-order valence-corrected chi connectivity index (χ1v) is 7.11. The molecule has 1 aliphatic heterocycles. The minimum absolute atomic E-state index is 0.187. The molecular formula is C14H19F2N5+2. The largest absolute Gasteiger partial charge is 0.361 e. The van der Waals surface area contributed by atoms with Gasteiger partial charge >= 0.3 is 11.9 Å². The van der Waals surface area contributed by atoms with E-state index in [1.54, 1.807) is 0 Å². The Balaban J connectivity index is 1.84. The van der Waals surface area contributed by atoms with E-state index in [2.05, 4.69) is 20.6 Å². The molecule has 7 heteroatoms. The number of hydrogen-bond donors (Lipinski definition) is 5. The molecule has 3 rings (SSSR count). The molecule has 0 amide bonds. The summed E-state index contributed by atoms with van der Waals surface area (Å²) in [6.45, 7) is 0. The van der Waals surface area contributed by atoms with E-state index in [1.165, 1.54) is 18.6 Å². The lowest BCUT2D eigenvalue weighted by Gasteiger charge is -2.30. The Morgan fingerprint density at radius 1 is 1.14 bits per heavy atom. The van der Waals surface area contributed by atoms with Gasteiger partial charge in [-0.3, -0.25) is 5.73 Å². The lowest BCUT2D eigenvalue weighted by Crippen LogP contribution is -3.15. The molecule has 6 N–H and O–H groups in total. The summed E-state index contributed by atoms with van der Waals surface area (Å²) in [4.78, 5) is 6.54. The standard InChI is InChI=1S/C14H17F2N5/c15-9-4-5-11(10(16)8-9)18-13-19-12(17)20-14(21-13)6-2-1-3-7-14/h4-5,8H,1-3,6-7H2,(H4,17,18,19,20,21)/p+2. The van der Waals surface area contributed by atoms with Crippen molar-refractivity contribution in [2.75, 3.05) is 5.32 Å². The van der Waals surface area contributed by atoms with Gasteiger partial charge in [-0.1, -0.05) is 6.42 Å². The van der Waals surface area contributed by atoms with Crippen LogP contribution in [0.3, 0.4) is 0 Å². The Morgan fingerprint density at radius 3 is 2.62 bits per heavy atom. The van der Waals surface area contributed by atoms with Crippen LogP contribution in [-0.4, -0.2) is 17.6 Å². The Hall–Kier alpha value is -2.18. The zero-order chi connectivity index (χ0) is 14.9. The summed E-state index contributed by atoms with van der Waals surface area (Å²) in [5.74, 6) is -0.343. The van der Waals surface area contributed by atoms with Gasteiger partial charge in [0.05, 0.1) is 0 Å². The fourth-order valence-corrected chi connectivity index (χ4v) is 2.92. The van der Waals surface area contributed by atoms with E-state index in [1.807, 2.05) is 0 Å². The van der Waals surface area contributed by atoms with Gasteiger partial charge in [-0.2, -0.15) is 5.32 Å². The van der Waals surface area contributed by atoms with E-state index in [0.717, 1.165) is 31.7 Å². The Bertz CT molecular complexity index is 605. The van der Waals surface area contributed by atoms with E-state index in [4.69, 9.17) is 5.73 Å². The highest BCUT2D eigenvalue weighted by atomic mass is 19.1. The molecule has 112 valence electrons. The number of hydrogen-bond acceptors (Lipinski definition) is 3. The van der Waals surface area contributed by atoms with Crippen LogP contribution in [0.4, 0.5) is 14.5 Å². The molecule has 1 aromatic rings. The van der Waals surface area contributed by atoms with Crippen molar-refractivity contribution in [1.82, 2.24) is 5.32 Å². The lowest BCUT2D eigenvalue weighted by atomic mass is 9.90. The zero-order valence-electron chi connectivity index (χ0n) is 11.6. The average molecular weight is 295 g/mol. The normalized spacial score (nSPS) is 20.5. The fourth-order valence-electron chi connectivity index (χ4n) is 2.92. The highest BCUT2D eigenvalue weighted by Crippen LogP contribution is 2.19. The maximum Gasteiger partial charge on any atom is 0.361 e. The Morgan fingerprint density at radius 2 is 1.90 bits per heavy atom. The molecule has 21 heavy (non-hydrogen) atoms. The van der Waals surface area contributed by atoms with Crippen LogP contribution < -0.4 is 26.4 Å². The summed E-state index contributed by atoms with van der Waals surface area (Å²) in [5, 5.41) is 5.79. The molecule has 5 nitrogen and oxygen atoms in total. The van der Waals surface area contributed by atoms with Gasteiger partial charge in [0.15, 0.2) is 5.82 Å². The maximum absolute atomic E-state index is 13.7. The van der Waals surface area contributed by atoms with Crippen LogP contribution in [0.2, 0.25) is 0 Å². The SMILES string of the molecule is NC1=[NH+]C2(CCCCC2)[NH+]=C(Nc2ccc(F)cc2F)N1. The summed E-state index contributed by atoms with van der Waals surface area (Å²) in [6, 6.07) is 3.40. The van der Waals surface area contributed by atoms with Crippen LogP contribution in [-0.2, 0) is 0 Å². The monoisotopic (exact) mass is 295 g/mol. The number of guanidine groups is 2. The third-order valence-electron chi connectivity index (χ3n) is 3.90. The van der Waals surface area contributed by atoms with Gasteiger partial charge in [-0.25, -0.2) is 24.1 Å². The third-order valence-corrected chi connectivity index (χ3v) is 3.90. The first kappa shape index (κ1) is 13.8. The predicted octanol–water partition coefficient (Wildman–Crippen LogP) is -1.53. The van der Waals surface area contributed by atoms with Crippen LogP contribution in [0, 0.1) is 11.6 Å². The second kappa shape index (κ2) is 5.31. The molecule has 0 aromatic heterocycles. The van der Waals surface area contributed by atoms with Crippen molar-refractivity contribution < 1.29 is 18.8 Å². The number of nitrogens with two attached hydrogens (primary N) is 1. The van der Waals surface area contributed by atoms with Gasteiger partial charge in [0.2, 0.25) is 5.66 Å². The smallest absolute Gasteiger partial charge is 0.290 e. The Kier molecular flexibility index (Phi) is 3.48. The van der Waals surface area contributed by atoms with Crippen molar-refractivity contribution in [3.63, 3.8) is 0 Å². The molecule has 0 radical (unpaired) electrons. The average Bonchev–Trinajstić information content (AvgIpc) is 2.42. The molecule has 0 unspecified atom stereocenters. The fraction of sp³-hybridized carbons (Fsp3) is 0.429. The summed E-state index contributed by atoms with van der Waals surface area (Å²) in [7, 11) is 0. The summed E-state index contributed by atoms with van der Waals surface area (Å²) >= 11 is 0. The van der Waals surface area contributed by atoms with Gasteiger partial charge in [0.1, 0.15) is 11.5 Å². The molecule has 1 aliphatic carbocycles. The molecule has 0 bridgehead atoms. The maximum atomic E-state index is 13.7. The quantitative estimate of drug-likeness (QED) is 0.436. The first-order valence-electron chi connectivity index (χ1n) is 7.11. The molecule has 1 aromatic carbocycles. The van der Waals surface area contributed by atoms with Crippen molar-refractivity contribution >= 4 is 17.6 Å². The van der Waals surface area contributed by atoms with Crippen molar-refractivity contribution in [3.8, 4) is 0 Å². The van der Waals surface area contributed by atoms with Gasteiger partial charge in [-0.15, -0.1) is 0 Å². The summed E-state index contributed by atoms with van der Waals surface area (Å²) in [6.07, 6.45) is 5.28. The molecule has 1 saturated carbocycles. The van der Waals surface area contributed by atoms with Gasteiger partial charge in [0.25, 0.3) is 0 Å². The van der Waals surface area contributed by atoms with E-state index < -0.39 is 11.6 Å². The minimum atomic E-state index is -0.652. The topological polar surface area (TPSA) is 78.0 Å². The molecule has 1 spiro atoms. The summed E-state index contributed by atoms with van der Waals surface area (Å²) in [5.41, 5.74) is 5.77. The molecule has 1 heterocycles. The molecular weight excluding hydrogens is 276 g/mol. The second-order valence-electron chi connectivity index (χ2n) is 5.56. The van der Waals surface area contributed by atoms with E-state index in [0.29, 0.717) is 11.9 Å². The number of anilines is 1. The summed E-state index contributed by atoms with van der Waals surface area (Å²) < 4.78 is 26.6. The lowest BCUT2D eigenvalue weighted by molar-refractivity contribution is -0.803. The minimum Gasteiger partial charge on any atom is -0.290 e. The molecule has 2 aliphatic rings. The molecule has 1 fully saturated rings. The number of nitrogens with one attached hydrogen (secondary N) is 4. The number of benzene rings is 1. The zero-order valence-corrected chi connectivity index (χ0v) is 11.6. The van der Waals surface area contributed by atoms with Gasteiger partial charge in [-0.05, 0) is 25.0 Å². The van der Waals surface area contributed by atoms with E-state index in [-0.39, 0.29) is 11.4 Å². The molecule has 0 saturated heterocycles. The van der Waals surface area contributed by atoms with Crippen molar-refractivity contribution in [2.45, 2.75) is 37.8 Å². The second-order valence-corrected chi connectivity index (χ2v) is 5.56. The van der Waals surface area contributed by atoms with Crippen molar-refractivity contribution in [1.29, 1.82) is 0 Å². The van der Waals surface area contributed by atoms with E-state index >= 15 is 0 Å². The van der Waals surface area contributed by atoms with Gasteiger partial charge in [0, 0.05) is 18.9 Å². The third kappa shape index (κ3) is 2.96. The van der Waals surface area contributed by atoms with Crippen LogP contribution in [0.1, 0.15) is 32.1 Å². The van der Waals surface area contributed by atoms with Crippen LogP contribution in [0.15, 0.2) is 18.2 Å². The van der Waals surface area contributed by atoms with Crippen LogP contribution in [0.25, 0.3) is 0 Å². The highest BCUT2D eigenvalue weighted by Gasteiger charge is 2.38. The van der Waals surface area contributed by atoms with E-state index in [9.17, 15) is 8.78 Å². The highest BCUT2D eigenvalue weighted by molar-refractivity contribution is 6.00.